The van der Waals surface area contributed by atoms with Gasteiger partial charge in [-0.2, -0.15) is 0 Å². The van der Waals surface area contributed by atoms with Crippen LogP contribution in [0.1, 0.15) is 41.1 Å². The molecule has 1 saturated heterocycles. The molecule has 1 aromatic rings. The number of hydrogen-bond donors (Lipinski definition) is 1. The minimum atomic E-state index is 0.104. The summed E-state index contributed by atoms with van der Waals surface area (Å²) in [5.41, 5.74) is 6.21. The molecule has 5 nitrogen and oxygen atoms in total. The molecule has 1 aliphatic heterocycles. The van der Waals surface area contributed by atoms with E-state index in [0.717, 1.165) is 57.2 Å². The van der Waals surface area contributed by atoms with Crippen molar-refractivity contribution < 1.29 is 9.21 Å². The molecular formula is C16H27N3O2. The Morgan fingerprint density at radius 3 is 2.48 bits per heavy atom. The second kappa shape index (κ2) is 7.61. The van der Waals surface area contributed by atoms with Crippen molar-refractivity contribution in [1.82, 2.24) is 9.80 Å². The Bertz CT molecular complexity index is 462. The molecule has 0 unspecified atom stereocenters. The lowest BCUT2D eigenvalue weighted by Crippen LogP contribution is -2.48. The third kappa shape index (κ3) is 4.32. The van der Waals surface area contributed by atoms with Crippen LogP contribution in [0, 0.1) is 13.8 Å². The van der Waals surface area contributed by atoms with E-state index in [1.807, 2.05) is 24.8 Å². The summed E-state index contributed by atoms with van der Waals surface area (Å²) < 4.78 is 5.46. The third-order valence-electron chi connectivity index (χ3n) is 4.11. The fourth-order valence-corrected chi connectivity index (χ4v) is 2.84. The lowest BCUT2D eigenvalue weighted by atomic mass is 10.2. The predicted octanol–water partition coefficient (Wildman–Crippen LogP) is 1.78. The van der Waals surface area contributed by atoms with Crippen LogP contribution >= 0.6 is 0 Å². The molecule has 0 atom stereocenters. The molecule has 2 heterocycles. The standard InChI is InChI=1S/C16H27N3O2/c1-13-12-15(14(2)21-13)16(20)19-10-8-18(9-11-19)7-5-3-4-6-17/h12H,3-11,17H2,1-2H3. The third-order valence-corrected chi connectivity index (χ3v) is 4.11. The summed E-state index contributed by atoms with van der Waals surface area (Å²) >= 11 is 0. The van der Waals surface area contributed by atoms with Gasteiger partial charge in [-0.1, -0.05) is 6.42 Å². The smallest absolute Gasteiger partial charge is 0.257 e. The topological polar surface area (TPSA) is 62.7 Å². The molecule has 0 spiro atoms. The van der Waals surface area contributed by atoms with Gasteiger partial charge in [0.1, 0.15) is 11.5 Å². The second-order valence-electron chi connectivity index (χ2n) is 5.81. The van der Waals surface area contributed by atoms with Crippen molar-refractivity contribution in [2.24, 2.45) is 5.73 Å². The van der Waals surface area contributed by atoms with Crippen LogP contribution < -0.4 is 5.73 Å². The molecule has 1 amide bonds. The Morgan fingerprint density at radius 1 is 1.19 bits per heavy atom. The first-order valence-corrected chi connectivity index (χ1v) is 7.90. The Kier molecular flexibility index (Phi) is 5.82. The Hall–Kier alpha value is -1.33. The van der Waals surface area contributed by atoms with E-state index in [2.05, 4.69) is 4.90 Å². The molecule has 1 aromatic heterocycles. The van der Waals surface area contributed by atoms with Crippen molar-refractivity contribution in [2.75, 3.05) is 39.3 Å². The average Bonchev–Trinajstić information content (AvgIpc) is 2.82. The van der Waals surface area contributed by atoms with Crippen LogP contribution in [-0.4, -0.2) is 55.0 Å². The monoisotopic (exact) mass is 293 g/mol. The van der Waals surface area contributed by atoms with Gasteiger partial charge in [0.15, 0.2) is 0 Å². The molecule has 2 N–H and O–H groups in total. The van der Waals surface area contributed by atoms with Crippen LogP contribution in [0.25, 0.3) is 0 Å². The maximum atomic E-state index is 12.5. The van der Waals surface area contributed by atoms with Crippen molar-refractivity contribution in [3.63, 3.8) is 0 Å². The molecule has 0 bridgehead atoms. The highest BCUT2D eigenvalue weighted by Crippen LogP contribution is 2.17. The average molecular weight is 293 g/mol. The van der Waals surface area contributed by atoms with E-state index in [-0.39, 0.29) is 5.91 Å². The number of amides is 1. The van der Waals surface area contributed by atoms with Crippen molar-refractivity contribution in [1.29, 1.82) is 0 Å². The molecular weight excluding hydrogens is 266 g/mol. The van der Waals surface area contributed by atoms with Crippen LogP contribution in [0.4, 0.5) is 0 Å². The zero-order valence-electron chi connectivity index (χ0n) is 13.2. The first-order valence-electron chi connectivity index (χ1n) is 7.90. The summed E-state index contributed by atoms with van der Waals surface area (Å²) in [5.74, 6) is 1.63. The second-order valence-corrected chi connectivity index (χ2v) is 5.81. The summed E-state index contributed by atoms with van der Waals surface area (Å²) in [7, 11) is 0. The molecule has 2 rings (SSSR count). The largest absolute Gasteiger partial charge is 0.466 e. The van der Waals surface area contributed by atoms with Crippen molar-refractivity contribution in [2.45, 2.75) is 33.1 Å². The quantitative estimate of drug-likeness (QED) is 0.812. The van der Waals surface area contributed by atoms with Crippen molar-refractivity contribution in [3.05, 3.63) is 23.2 Å². The zero-order chi connectivity index (χ0) is 15.2. The maximum Gasteiger partial charge on any atom is 0.257 e. The number of nitrogens with two attached hydrogens (primary N) is 1. The fourth-order valence-electron chi connectivity index (χ4n) is 2.84. The first kappa shape index (κ1) is 16.0. The highest BCUT2D eigenvalue weighted by atomic mass is 16.3. The minimum absolute atomic E-state index is 0.104. The molecule has 0 radical (unpaired) electrons. The lowest BCUT2D eigenvalue weighted by molar-refractivity contribution is 0.0633. The van der Waals surface area contributed by atoms with Gasteiger partial charge in [0.2, 0.25) is 0 Å². The molecule has 21 heavy (non-hydrogen) atoms. The van der Waals surface area contributed by atoms with E-state index in [1.165, 1.54) is 12.8 Å². The molecule has 0 aromatic carbocycles. The van der Waals surface area contributed by atoms with Crippen molar-refractivity contribution in [3.8, 4) is 0 Å². The van der Waals surface area contributed by atoms with E-state index < -0.39 is 0 Å². The number of piperazine rings is 1. The zero-order valence-corrected chi connectivity index (χ0v) is 13.2. The Morgan fingerprint density at radius 2 is 1.90 bits per heavy atom. The number of carbonyl (C=O) groups excluding carboxylic acids is 1. The van der Waals surface area contributed by atoms with E-state index in [4.69, 9.17) is 10.2 Å². The van der Waals surface area contributed by atoms with E-state index >= 15 is 0 Å². The minimum Gasteiger partial charge on any atom is -0.466 e. The van der Waals surface area contributed by atoms with Gasteiger partial charge in [-0.15, -0.1) is 0 Å². The number of rotatable bonds is 6. The maximum absolute atomic E-state index is 12.5. The molecule has 0 aliphatic carbocycles. The van der Waals surface area contributed by atoms with Gasteiger partial charge in [0.05, 0.1) is 5.56 Å². The summed E-state index contributed by atoms with van der Waals surface area (Å²) in [4.78, 5) is 16.8. The Balaban J connectivity index is 1.78. The SMILES string of the molecule is Cc1cc(C(=O)N2CCN(CCCCCN)CC2)c(C)o1. The van der Waals surface area contributed by atoms with Crippen LogP contribution in [-0.2, 0) is 0 Å². The van der Waals surface area contributed by atoms with Gasteiger partial charge >= 0.3 is 0 Å². The highest BCUT2D eigenvalue weighted by Gasteiger charge is 2.24. The van der Waals surface area contributed by atoms with Crippen LogP contribution in [0.5, 0.6) is 0 Å². The van der Waals surface area contributed by atoms with Crippen LogP contribution in [0.3, 0.4) is 0 Å². The first-order chi connectivity index (χ1) is 10.1. The van der Waals surface area contributed by atoms with Gasteiger partial charge in [-0.25, -0.2) is 0 Å². The van der Waals surface area contributed by atoms with Gasteiger partial charge in [-0.3, -0.25) is 9.69 Å². The molecule has 1 aliphatic rings. The van der Waals surface area contributed by atoms with E-state index in [0.29, 0.717) is 5.56 Å². The molecule has 5 heteroatoms. The predicted molar refractivity (Wildman–Crippen MR) is 83.4 cm³/mol. The number of aryl methyl sites for hydroxylation is 2. The van der Waals surface area contributed by atoms with E-state index in [9.17, 15) is 4.79 Å². The number of nitrogens with zero attached hydrogens (tertiary/aromatic N) is 2. The molecule has 1 fully saturated rings. The molecule has 0 saturated carbocycles. The van der Waals surface area contributed by atoms with Crippen molar-refractivity contribution >= 4 is 5.91 Å². The number of furan rings is 1. The highest BCUT2D eigenvalue weighted by molar-refractivity contribution is 5.95. The number of unbranched alkanes of at least 4 members (excludes halogenated alkanes) is 2. The Labute approximate surface area is 127 Å². The van der Waals surface area contributed by atoms with E-state index in [1.54, 1.807) is 0 Å². The summed E-state index contributed by atoms with van der Waals surface area (Å²) in [5, 5.41) is 0. The van der Waals surface area contributed by atoms with Gasteiger partial charge < -0.3 is 15.1 Å². The summed E-state index contributed by atoms with van der Waals surface area (Å²) in [6.07, 6.45) is 3.51. The number of hydrogen-bond acceptors (Lipinski definition) is 4. The lowest BCUT2D eigenvalue weighted by Gasteiger charge is -2.34. The van der Waals surface area contributed by atoms with Crippen LogP contribution in [0.2, 0.25) is 0 Å². The summed E-state index contributed by atoms with van der Waals surface area (Å²) in [6, 6.07) is 1.84. The normalized spacial score (nSPS) is 16.4. The van der Waals surface area contributed by atoms with Gasteiger partial charge in [0.25, 0.3) is 5.91 Å². The fraction of sp³-hybridized carbons (Fsp3) is 0.688. The van der Waals surface area contributed by atoms with Crippen LogP contribution in [0.15, 0.2) is 10.5 Å². The summed E-state index contributed by atoms with van der Waals surface area (Å²) in [6.45, 7) is 9.17. The molecule has 118 valence electrons. The number of carbonyl (C=O) groups is 1. The van der Waals surface area contributed by atoms with Gasteiger partial charge in [-0.05, 0) is 45.8 Å². The van der Waals surface area contributed by atoms with Gasteiger partial charge in [0, 0.05) is 26.2 Å².